The minimum Gasteiger partial charge on any atom is -0.302 e. The lowest BCUT2D eigenvalue weighted by atomic mass is 10.1. The predicted molar refractivity (Wildman–Crippen MR) is 68.3 cm³/mol. The van der Waals surface area contributed by atoms with Gasteiger partial charge in [0.15, 0.2) is 0 Å². The Morgan fingerprint density at radius 1 is 1.28 bits per heavy atom. The molecule has 0 saturated heterocycles. The van der Waals surface area contributed by atoms with E-state index in [1.54, 1.807) is 6.20 Å². The molecule has 1 N–H and O–H groups in total. The third-order valence-electron chi connectivity index (χ3n) is 2.74. The van der Waals surface area contributed by atoms with Crippen LogP contribution in [0.1, 0.15) is 24.4 Å². The molecule has 1 heterocycles. The van der Waals surface area contributed by atoms with Gasteiger partial charge in [0.1, 0.15) is 16.6 Å². The highest BCUT2D eigenvalue weighted by Gasteiger charge is 2.23. The van der Waals surface area contributed by atoms with Crippen molar-refractivity contribution in [3.8, 4) is 0 Å². The van der Waals surface area contributed by atoms with E-state index in [9.17, 15) is 8.78 Å². The lowest BCUT2D eigenvalue weighted by Crippen LogP contribution is -2.36. The number of aromatic nitrogens is 1. The summed E-state index contributed by atoms with van der Waals surface area (Å²) in [6.07, 6.45) is 1.72. The van der Waals surface area contributed by atoms with Crippen LogP contribution >= 0.6 is 11.3 Å². The largest absolute Gasteiger partial charge is 0.302 e. The molecule has 2 nitrogen and oxygen atoms in total. The van der Waals surface area contributed by atoms with Crippen LogP contribution in [0, 0.1) is 11.6 Å². The van der Waals surface area contributed by atoms with Crippen molar-refractivity contribution < 1.29 is 8.78 Å². The van der Waals surface area contributed by atoms with Crippen molar-refractivity contribution in [2.75, 3.05) is 0 Å². The first-order valence-corrected chi connectivity index (χ1v) is 6.46. The van der Waals surface area contributed by atoms with Gasteiger partial charge in [-0.25, -0.2) is 13.8 Å². The Morgan fingerprint density at radius 3 is 2.50 bits per heavy atom. The molecule has 2 aromatic rings. The van der Waals surface area contributed by atoms with Gasteiger partial charge in [0.25, 0.3) is 0 Å². The average molecular weight is 268 g/mol. The zero-order valence-corrected chi connectivity index (χ0v) is 11.0. The summed E-state index contributed by atoms with van der Waals surface area (Å²) in [5.74, 6) is -1.06. The number of nitrogens with one attached hydrogen (secondary N) is 1. The average Bonchev–Trinajstić information content (AvgIpc) is 2.82. The molecule has 96 valence electrons. The molecule has 0 amide bonds. The fourth-order valence-electron chi connectivity index (χ4n) is 1.62. The zero-order valence-electron chi connectivity index (χ0n) is 10.2. The van der Waals surface area contributed by atoms with Crippen LogP contribution in [-0.2, 0) is 12.1 Å². The van der Waals surface area contributed by atoms with Gasteiger partial charge in [-0.3, -0.25) is 0 Å². The van der Waals surface area contributed by atoms with Crippen LogP contribution in [0.5, 0.6) is 0 Å². The summed E-state index contributed by atoms with van der Waals surface area (Å²) in [5, 5.41) is 5.89. The molecule has 5 heteroatoms. The molecule has 0 bridgehead atoms. The van der Waals surface area contributed by atoms with Gasteiger partial charge in [-0.05, 0) is 26.0 Å². The number of thiazole rings is 1. The molecule has 0 spiro atoms. The highest BCUT2D eigenvalue weighted by atomic mass is 32.1. The Bertz CT molecular complexity index is 504. The van der Waals surface area contributed by atoms with Crippen molar-refractivity contribution in [2.24, 2.45) is 0 Å². The third-order valence-corrected chi connectivity index (χ3v) is 3.83. The highest BCUT2D eigenvalue weighted by molar-refractivity contribution is 7.09. The van der Waals surface area contributed by atoms with E-state index < -0.39 is 17.2 Å². The number of hydrogen-bond donors (Lipinski definition) is 1. The van der Waals surface area contributed by atoms with E-state index in [1.807, 2.05) is 19.2 Å². The fraction of sp³-hybridized carbons (Fsp3) is 0.308. The molecular formula is C13H14F2N2S. The lowest BCUT2D eigenvalue weighted by Gasteiger charge is -2.24. The minimum absolute atomic E-state index is 0.0575. The van der Waals surface area contributed by atoms with Crippen molar-refractivity contribution in [1.29, 1.82) is 0 Å². The van der Waals surface area contributed by atoms with Gasteiger partial charge in [0, 0.05) is 23.7 Å². The molecule has 0 aliphatic rings. The Morgan fingerprint density at radius 2 is 1.94 bits per heavy atom. The molecule has 0 aliphatic carbocycles. The standard InChI is InChI=1S/C13H14F2N2S/c1-13(2,12-16-6-7-18-12)17-8-9-10(14)4-3-5-11(9)15/h3-7,17H,8H2,1-2H3. The van der Waals surface area contributed by atoms with E-state index in [1.165, 1.54) is 29.5 Å². The lowest BCUT2D eigenvalue weighted by molar-refractivity contribution is 0.388. The second-order valence-corrected chi connectivity index (χ2v) is 5.41. The maximum atomic E-state index is 13.5. The monoisotopic (exact) mass is 268 g/mol. The van der Waals surface area contributed by atoms with Gasteiger partial charge >= 0.3 is 0 Å². The second-order valence-electron chi connectivity index (χ2n) is 4.52. The van der Waals surface area contributed by atoms with Gasteiger partial charge in [-0.15, -0.1) is 11.3 Å². The molecule has 0 radical (unpaired) electrons. The van der Waals surface area contributed by atoms with E-state index in [2.05, 4.69) is 10.3 Å². The number of halogens is 2. The van der Waals surface area contributed by atoms with Gasteiger partial charge in [0.05, 0.1) is 5.54 Å². The van der Waals surface area contributed by atoms with Gasteiger partial charge in [-0.2, -0.15) is 0 Å². The first-order valence-electron chi connectivity index (χ1n) is 5.58. The Balaban J connectivity index is 2.12. The van der Waals surface area contributed by atoms with Crippen LogP contribution in [0.3, 0.4) is 0 Å². The Hall–Kier alpha value is -1.33. The molecule has 0 fully saturated rings. The van der Waals surface area contributed by atoms with Crippen LogP contribution in [-0.4, -0.2) is 4.98 Å². The summed E-state index contributed by atoms with van der Waals surface area (Å²) in [5.41, 5.74) is -0.356. The normalized spacial score (nSPS) is 11.8. The van der Waals surface area contributed by atoms with E-state index in [0.717, 1.165) is 5.01 Å². The molecular weight excluding hydrogens is 254 g/mol. The van der Waals surface area contributed by atoms with Crippen LogP contribution in [0.15, 0.2) is 29.8 Å². The Kier molecular flexibility index (Phi) is 3.73. The van der Waals surface area contributed by atoms with Crippen LogP contribution < -0.4 is 5.32 Å². The van der Waals surface area contributed by atoms with Crippen molar-refractivity contribution >= 4 is 11.3 Å². The summed E-state index contributed by atoms with van der Waals surface area (Å²) < 4.78 is 27.0. The summed E-state index contributed by atoms with van der Waals surface area (Å²) in [6.45, 7) is 4.00. The maximum absolute atomic E-state index is 13.5. The molecule has 1 aromatic heterocycles. The fourth-order valence-corrected chi connectivity index (χ4v) is 2.36. The second kappa shape index (κ2) is 5.12. The number of rotatable bonds is 4. The molecule has 0 unspecified atom stereocenters. The van der Waals surface area contributed by atoms with Gasteiger partial charge < -0.3 is 5.32 Å². The third kappa shape index (κ3) is 2.73. The number of benzene rings is 1. The topological polar surface area (TPSA) is 24.9 Å². The maximum Gasteiger partial charge on any atom is 0.130 e. The molecule has 0 saturated carbocycles. The van der Waals surface area contributed by atoms with Crippen LogP contribution in [0.25, 0.3) is 0 Å². The SMILES string of the molecule is CC(C)(NCc1c(F)cccc1F)c1nccs1. The van der Waals surface area contributed by atoms with Crippen molar-refractivity contribution in [1.82, 2.24) is 10.3 Å². The molecule has 0 atom stereocenters. The van der Waals surface area contributed by atoms with E-state index in [-0.39, 0.29) is 12.1 Å². The summed E-state index contributed by atoms with van der Waals surface area (Å²) >= 11 is 1.51. The quantitative estimate of drug-likeness (QED) is 0.918. The Labute approximate surface area is 109 Å². The number of hydrogen-bond acceptors (Lipinski definition) is 3. The molecule has 18 heavy (non-hydrogen) atoms. The van der Waals surface area contributed by atoms with Gasteiger partial charge in [0.2, 0.25) is 0 Å². The van der Waals surface area contributed by atoms with Crippen molar-refractivity contribution in [3.63, 3.8) is 0 Å². The van der Waals surface area contributed by atoms with Crippen LogP contribution in [0.2, 0.25) is 0 Å². The smallest absolute Gasteiger partial charge is 0.130 e. The first-order chi connectivity index (χ1) is 8.50. The summed E-state index contributed by atoms with van der Waals surface area (Å²) in [7, 11) is 0. The predicted octanol–water partition coefficient (Wildman–Crippen LogP) is 3.45. The van der Waals surface area contributed by atoms with Crippen molar-refractivity contribution in [3.05, 3.63) is 52.0 Å². The van der Waals surface area contributed by atoms with Gasteiger partial charge in [-0.1, -0.05) is 6.07 Å². The first kappa shape index (κ1) is 13.1. The van der Waals surface area contributed by atoms with E-state index in [0.29, 0.717) is 0 Å². The van der Waals surface area contributed by atoms with E-state index >= 15 is 0 Å². The molecule has 0 aliphatic heterocycles. The van der Waals surface area contributed by atoms with Crippen LogP contribution in [0.4, 0.5) is 8.78 Å². The van der Waals surface area contributed by atoms with E-state index in [4.69, 9.17) is 0 Å². The number of nitrogens with zero attached hydrogens (tertiary/aromatic N) is 1. The van der Waals surface area contributed by atoms with Crippen molar-refractivity contribution in [2.45, 2.75) is 25.9 Å². The molecule has 1 aromatic carbocycles. The molecule has 2 rings (SSSR count). The summed E-state index contributed by atoms with van der Waals surface area (Å²) in [4.78, 5) is 4.21. The zero-order chi connectivity index (χ0) is 13.2. The summed E-state index contributed by atoms with van der Waals surface area (Å²) in [6, 6.07) is 3.88. The minimum atomic E-state index is -0.530. The highest BCUT2D eigenvalue weighted by Crippen LogP contribution is 2.23.